The van der Waals surface area contributed by atoms with Crippen molar-refractivity contribution in [2.75, 3.05) is 32.7 Å². The molecule has 2 fully saturated rings. The van der Waals surface area contributed by atoms with Crippen molar-refractivity contribution in [3.63, 3.8) is 0 Å². The number of rotatable bonds is 3. The van der Waals surface area contributed by atoms with E-state index in [1.807, 2.05) is 20.8 Å². The molecule has 2 aliphatic heterocycles. The van der Waals surface area contributed by atoms with Crippen LogP contribution >= 0.6 is 0 Å². The van der Waals surface area contributed by atoms with Gasteiger partial charge in [-0.2, -0.15) is 0 Å². The van der Waals surface area contributed by atoms with Crippen LogP contribution in [-0.2, 0) is 4.74 Å². The van der Waals surface area contributed by atoms with Gasteiger partial charge in [0.15, 0.2) is 0 Å². The molecule has 0 unspecified atom stereocenters. The quantitative estimate of drug-likeness (QED) is 0.578. The molecule has 1 amide bonds. The lowest BCUT2D eigenvalue weighted by atomic mass is 9.88. The summed E-state index contributed by atoms with van der Waals surface area (Å²) in [4.78, 5) is 26.3. The van der Waals surface area contributed by atoms with Crippen LogP contribution in [0.5, 0.6) is 0 Å². The number of hydrogen-bond acceptors (Lipinski definition) is 5. The standard InChI is InChI=1S/C13H23N3O4/c1-12(2,3)20-11(17)14-8-13(9-14,10-16(18)19)15-6-4-5-7-15/h4-10H2,1-3H3. The first-order valence-corrected chi connectivity index (χ1v) is 7.07. The summed E-state index contributed by atoms with van der Waals surface area (Å²) < 4.78 is 5.30. The van der Waals surface area contributed by atoms with E-state index in [9.17, 15) is 14.9 Å². The normalized spacial score (nSPS) is 22.4. The van der Waals surface area contributed by atoms with Crippen molar-refractivity contribution in [3.8, 4) is 0 Å². The first-order valence-electron chi connectivity index (χ1n) is 7.07. The zero-order valence-corrected chi connectivity index (χ0v) is 12.4. The number of carbonyl (C=O) groups is 1. The number of likely N-dealkylation sites (tertiary alicyclic amines) is 2. The molecule has 2 saturated heterocycles. The number of ether oxygens (including phenoxy) is 1. The first-order chi connectivity index (χ1) is 9.22. The number of amides is 1. The Labute approximate surface area is 119 Å². The van der Waals surface area contributed by atoms with E-state index in [1.165, 1.54) is 0 Å². The van der Waals surface area contributed by atoms with E-state index in [0.29, 0.717) is 13.1 Å². The van der Waals surface area contributed by atoms with Crippen LogP contribution in [0.2, 0.25) is 0 Å². The number of nitrogens with zero attached hydrogens (tertiary/aromatic N) is 3. The third-order valence-corrected chi connectivity index (χ3v) is 3.82. The summed E-state index contributed by atoms with van der Waals surface area (Å²) in [5.74, 6) is 0. The van der Waals surface area contributed by atoms with Crippen LogP contribution < -0.4 is 0 Å². The number of hydrogen-bond donors (Lipinski definition) is 0. The van der Waals surface area contributed by atoms with Gasteiger partial charge in [0, 0.05) is 4.92 Å². The molecule has 0 N–H and O–H groups in total. The van der Waals surface area contributed by atoms with Gasteiger partial charge < -0.3 is 9.64 Å². The van der Waals surface area contributed by atoms with Crippen molar-refractivity contribution in [1.82, 2.24) is 9.80 Å². The van der Waals surface area contributed by atoms with E-state index in [-0.39, 0.29) is 17.6 Å². The van der Waals surface area contributed by atoms with Crippen molar-refractivity contribution >= 4 is 6.09 Å². The maximum atomic E-state index is 11.9. The molecule has 114 valence electrons. The van der Waals surface area contributed by atoms with Crippen LogP contribution in [0.1, 0.15) is 33.6 Å². The maximum Gasteiger partial charge on any atom is 0.410 e. The van der Waals surface area contributed by atoms with Crippen LogP contribution in [0, 0.1) is 10.1 Å². The molecule has 7 heteroatoms. The molecule has 0 aliphatic carbocycles. The highest BCUT2D eigenvalue weighted by Gasteiger charge is 2.54. The molecule has 2 rings (SSSR count). The second-order valence-electron chi connectivity index (χ2n) is 6.75. The van der Waals surface area contributed by atoms with E-state index < -0.39 is 11.1 Å². The van der Waals surface area contributed by atoms with Gasteiger partial charge in [0.05, 0.1) is 13.1 Å². The van der Waals surface area contributed by atoms with Crippen LogP contribution in [0.15, 0.2) is 0 Å². The van der Waals surface area contributed by atoms with Gasteiger partial charge >= 0.3 is 6.09 Å². The fourth-order valence-electron chi connectivity index (χ4n) is 2.95. The third-order valence-electron chi connectivity index (χ3n) is 3.82. The zero-order valence-electron chi connectivity index (χ0n) is 12.4. The molecule has 0 aromatic heterocycles. The maximum absolute atomic E-state index is 11.9. The highest BCUT2D eigenvalue weighted by molar-refractivity contribution is 5.69. The van der Waals surface area contributed by atoms with Gasteiger partial charge in [0.1, 0.15) is 11.1 Å². The Morgan fingerprint density at radius 2 is 1.85 bits per heavy atom. The first kappa shape index (κ1) is 15.0. The van der Waals surface area contributed by atoms with E-state index >= 15 is 0 Å². The average Bonchev–Trinajstić information content (AvgIpc) is 2.72. The second kappa shape index (κ2) is 5.20. The largest absolute Gasteiger partial charge is 0.444 e. The number of nitro groups is 1. The lowest BCUT2D eigenvalue weighted by molar-refractivity contribution is -0.499. The minimum absolute atomic E-state index is 0.105. The molecule has 0 radical (unpaired) electrons. The molecule has 0 spiro atoms. The molecule has 7 nitrogen and oxygen atoms in total. The second-order valence-corrected chi connectivity index (χ2v) is 6.75. The molecule has 0 aromatic carbocycles. The Hall–Kier alpha value is -1.37. The van der Waals surface area contributed by atoms with Gasteiger partial charge in [-0.1, -0.05) is 0 Å². The minimum atomic E-state index is -0.536. The molecule has 0 aromatic rings. The molecule has 2 aliphatic rings. The van der Waals surface area contributed by atoms with Crippen LogP contribution in [-0.4, -0.2) is 64.7 Å². The van der Waals surface area contributed by atoms with Gasteiger partial charge in [-0.05, 0) is 46.7 Å². The lowest BCUT2D eigenvalue weighted by Crippen LogP contribution is -2.73. The lowest BCUT2D eigenvalue weighted by Gasteiger charge is -2.51. The molecule has 0 saturated carbocycles. The van der Waals surface area contributed by atoms with Gasteiger partial charge in [-0.25, -0.2) is 4.79 Å². The summed E-state index contributed by atoms with van der Waals surface area (Å²) in [7, 11) is 0. The van der Waals surface area contributed by atoms with Crippen molar-refractivity contribution in [2.24, 2.45) is 0 Å². The van der Waals surface area contributed by atoms with Crippen LogP contribution in [0.3, 0.4) is 0 Å². The summed E-state index contributed by atoms with van der Waals surface area (Å²) in [6.07, 6.45) is 1.77. The van der Waals surface area contributed by atoms with Crippen molar-refractivity contribution < 1.29 is 14.5 Å². The van der Waals surface area contributed by atoms with Gasteiger partial charge in [0.2, 0.25) is 6.54 Å². The fraction of sp³-hybridized carbons (Fsp3) is 0.923. The predicted octanol–water partition coefficient (Wildman–Crippen LogP) is 1.35. The number of carbonyl (C=O) groups excluding carboxylic acids is 1. The van der Waals surface area contributed by atoms with E-state index in [1.54, 1.807) is 4.90 Å². The van der Waals surface area contributed by atoms with E-state index in [4.69, 9.17) is 4.74 Å². The molecular formula is C13H23N3O4. The Kier molecular flexibility index (Phi) is 3.90. The highest BCUT2D eigenvalue weighted by atomic mass is 16.6. The molecule has 20 heavy (non-hydrogen) atoms. The Morgan fingerprint density at radius 3 is 2.30 bits per heavy atom. The smallest absolute Gasteiger partial charge is 0.410 e. The predicted molar refractivity (Wildman–Crippen MR) is 73.2 cm³/mol. The van der Waals surface area contributed by atoms with Gasteiger partial charge in [-0.15, -0.1) is 0 Å². The fourth-order valence-corrected chi connectivity index (χ4v) is 2.95. The summed E-state index contributed by atoms with van der Waals surface area (Å²) in [5, 5.41) is 10.9. The van der Waals surface area contributed by atoms with Gasteiger partial charge in [0.25, 0.3) is 0 Å². The summed E-state index contributed by atoms with van der Waals surface area (Å²) in [5.41, 5.74) is -1.02. The Balaban J connectivity index is 1.97. The topological polar surface area (TPSA) is 75.9 Å². The van der Waals surface area contributed by atoms with Crippen LogP contribution in [0.4, 0.5) is 4.79 Å². The Bertz CT molecular complexity index is 393. The van der Waals surface area contributed by atoms with E-state index in [2.05, 4.69) is 4.90 Å². The summed E-state index contributed by atoms with van der Waals surface area (Å²) in [6, 6.07) is 0. The van der Waals surface area contributed by atoms with Gasteiger partial charge in [-0.3, -0.25) is 15.0 Å². The third kappa shape index (κ3) is 3.20. The molecule has 2 heterocycles. The average molecular weight is 285 g/mol. The minimum Gasteiger partial charge on any atom is -0.444 e. The highest BCUT2D eigenvalue weighted by Crippen LogP contribution is 2.32. The molecule has 0 atom stereocenters. The Morgan fingerprint density at radius 1 is 1.30 bits per heavy atom. The zero-order chi connectivity index (χ0) is 15.0. The van der Waals surface area contributed by atoms with E-state index in [0.717, 1.165) is 25.9 Å². The SMILES string of the molecule is CC(C)(C)OC(=O)N1CC(C[N+](=O)[O-])(N2CCCC2)C1. The summed E-state index contributed by atoms with van der Waals surface area (Å²) >= 11 is 0. The molecule has 0 bridgehead atoms. The monoisotopic (exact) mass is 285 g/mol. The summed E-state index contributed by atoms with van der Waals surface area (Å²) in [6.45, 7) is 7.89. The van der Waals surface area contributed by atoms with Crippen LogP contribution in [0.25, 0.3) is 0 Å². The van der Waals surface area contributed by atoms with Crippen molar-refractivity contribution in [1.29, 1.82) is 0 Å². The molecular weight excluding hydrogens is 262 g/mol. The van der Waals surface area contributed by atoms with Crippen molar-refractivity contribution in [2.45, 2.75) is 44.8 Å². The van der Waals surface area contributed by atoms with Crippen molar-refractivity contribution in [3.05, 3.63) is 10.1 Å².